The van der Waals surface area contributed by atoms with Gasteiger partial charge in [0.1, 0.15) is 23.0 Å². The van der Waals surface area contributed by atoms with Gasteiger partial charge in [-0.05, 0) is 65.0 Å². The van der Waals surface area contributed by atoms with Crippen molar-refractivity contribution in [2.24, 2.45) is 0 Å². The van der Waals surface area contributed by atoms with Crippen LogP contribution in [-0.4, -0.2) is 81.4 Å². The normalized spacial score (nSPS) is 28.9. The first-order chi connectivity index (χ1) is 18.0. The van der Waals surface area contributed by atoms with E-state index in [1.165, 1.54) is 0 Å². The van der Waals surface area contributed by atoms with E-state index in [1.807, 2.05) is 31.7 Å². The Hall–Kier alpha value is -2.70. The predicted molar refractivity (Wildman–Crippen MR) is 142 cm³/mol. The second kappa shape index (κ2) is 9.20. The Kier molecular flexibility index (Phi) is 6.19. The smallest absolute Gasteiger partial charge is 0.410 e. The molecule has 10 heteroatoms. The molecule has 6 rings (SSSR count). The summed E-state index contributed by atoms with van der Waals surface area (Å²) in [6, 6.07) is 1.83. The number of amides is 1. The summed E-state index contributed by atoms with van der Waals surface area (Å²) < 4.78 is 35.1. The van der Waals surface area contributed by atoms with Crippen molar-refractivity contribution in [1.82, 2.24) is 19.8 Å². The first-order valence-corrected chi connectivity index (χ1v) is 13.7. The number of halogens is 3. The second-order valence-corrected chi connectivity index (χ2v) is 12.3. The third-order valence-electron chi connectivity index (χ3n) is 8.18. The Morgan fingerprint density at radius 3 is 2.68 bits per heavy atom. The maximum absolute atomic E-state index is 15.2. The van der Waals surface area contributed by atoms with Crippen LogP contribution in [0.4, 0.5) is 19.3 Å². The van der Waals surface area contributed by atoms with Crippen molar-refractivity contribution >= 4 is 34.3 Å². The number of hydrogen-bond acceptors (Lipinski definition) is 6. The molecule has 4 atom stereocenters. The van der Waals surface area contributed by atoms with Gasteiger partial charge in [-0.25, -0.2) is 23.5 Å². The van der Waals surface area contributed by atoms with Crippen molar-refractivity contribution in [3.05, 3.63) is 28.9 Å². The van der Waals surface area contributed by atoms with Crippen molar-refractivity contribution in [2.75, 3.05) is 31.1 Å². The van der Waals surface area contributed by atoms with Crippen LogP contribution < -0.4 is 4.90 Å². The number of alkyl halides is 1. The number of hydrogen-bond donors (Lipinski definition) is 0. The fourth-order valence-electron chi connectivity index (χ4n) is 6.62. The zero-order valence-electron chi connectivity index (χ0n) is 21.9. The van der Waals surface area contributed by atoms with Gasteiger partial charge in [0.05, 0.1) is 23.3 Å². The fraction of sp³-hybridized carbons (Fsp3) is 0.607. The highest BCUT2D eigenvalue weighted by Gasteiger charge is 2.48. The number of fused-ring (bicyclic) bond motifs is 4. The minimum absolute atomic E-state index is 0.0163. The number of rotatable bonds is 1. The molecule has 0 saturated carbocycles. The second-order valence-electron chi connectivity index (χ2n) is 12.0. The van der Waals surface area contributed by atoms with Crippen LogP contribution in [0, 0.1) is 17.7 Å². The molecule has 0 N–H and O–H groups in total. The van der Waals surface area contributed by atoms with Gasteiger partial charge in [0.25, 0.3) is 0 Å². The average Bonchev–Trinajstić information content (AvgIpc) is 3.46. The summed E-state index contributed by atoms with van der Waals surface area (Å²) >= 11 is 6.03. The van der Waals surface area contributed by atoms with E-state index in [0.29, 0.717) is 37.1 Å². The molecule has 38 heavy (non-hydrogen) atoms. The number of piperazine rings is 1. The van der Waals surface area contributed by atoms with Crippen molar-refractivity contribution in [2.45, 2.75) is 82.3 Å². The van der Waals surface area contributed by atoms with Crippen LogP contribution in [0.1, 0.15) is 58.6 Å². The predicted octanol–water partition coefficient (Wildman–Crippen LogP) is 4.94. The van der Waals surface area contributed by atoms with Crippen LogP contribution in [0.3, 0.4) is 0 Å². The van der Waals surface area contributed by atoms with E-state index < -0.39 is 23.1 Å². The number of carbonyl (C=O) groups excluding carboxylic acids is 1. The first kappa shape index (κ1) is 25.6. The molecule has 0 aromatic carbocycles. The topological polar surface area (TPSA) is 61.8 Å². The minimum Gasteiger partial charge on any atom is -0.444 e. The van der Waals surface area contributed by atoms with Gasteiger partial charge in [-0.1, -0.05) is 17.5 Å². The molecule has 7 nitrogen and oxygen atoms in total. The van der Waals surface area contributed by atoms with Crippen LogP contribution >= 0.6 is 11.6 Å². The lowest BCUT2D eigenvalue weighted by Gasteiger charge is -2.42. The molecule has 2 bridgehead atoms. The van der Waals surface area contributed by atoms with E-state index in [4.69, 9.17) is 16.3 Å². The molecule has 6 heterocycles. The van der Waals surface area contributed by atoms with Gasteiger partial charge in [-0.15, -0.1) is 0 Å². The van der Waals surface area contributed by atoms with Crippen LogP contribution in [-0.2, 0) is 4.74 Å². The molecule has 202 valence electrons. The van der Waals surface area contributed by atoms with Gasteiger partial charge in [-0.2, -0.15) is 0 Å². The van der Waals surface area contributed by atoms with Gasteiger partial charge < -0.3 is 9.64 Å². The number of aromatic nitrogens is 2. The number of ether oxygens (including phenoxy) is 1. The lowest BCUT2D eigenvalue weighted by molar-refractivity contribution is 0.0123. The minimum atomic E-state index is -0.885. The maximum Gasteiger partial charge on any atom is 0.410 e. The van der Waals surface area contributed by atoms with E-state index in [1.54, 1.807) is 6.20 Å². The number of anilines is 1. The summed E-state index contributed by atoms with van der Waals surface area (Å²) in [6.45, 7) is 8.00. The maximum atomic E-state index is 15.2. The zero-order chi connectivity index (χ0) is 26.8. The molecular weight excluding hydrogens is 512 g/mol. The van der Waals surface area contributed by atoms with Crippen molar-refractivity contribution in [3.63, 3.8) is 0 Å². The Morgan fingerprint density at radius 2 is 1.97 bits per heavy atom. The summed E-state index contributed by atoms with van der Waals surface area (Å²) in [5.41, 5.74) is 0.242. The van der Waals surface area contributed by atoms with Crippen molar-refractivity contribution in [1.29, 1.82) is 0 Å². The highest BCUT2D eigenvalue weighted by molar-refractivity contribution is 6.30. The summed E-state index contributed by atoms with van der Waals surface area (Å²) in [4.78, 5) is 27.7. The van der Waals surface area contributed by atoms with Crippen molar-refractivity contribution in [3.8, 4) is 11.8 Å². The third kappa shape index (κ3) is 4.46. The molecule has 4 fully saturated rings. The zero-order valence-corrected chi connectivity index (χ0v) is 22.7. The van der Waals surface area contributed by atoms with Crippen LogP contribution in [0.25, 0.3) is 10.9 Å². The molecule has 2 aromatic rings. The van der Waals surface area contributed by atoms with Crippen LogP contribution in [0.2, 0.25) is 5.15 Å². The molecule has 0 spiro atoms. The molecule has 2 aromatic heterocycles. The molecule has 0 aliphatic carbocycles. The molecular formula is C28H32ClF2N5O2. The lowest BCUT2D eigenvalue weighted by atomic mass is 9.94. The van der Waals surface area contributed by atoms with Gasteiger partial charge in [0, 0.05) is 37.6 Å². The Labute approximate surface area is 226 Å². The number of carbonyl (C=O) groups is 1. The van der Waals surface area contributed by atoms with Gasteiger partial charge in [0.15, 0.2) is 11.0 Å². The quantitative estimate of drug-likeness (QED) is 0.375. The van der Waals surface area contributed by atoms with Crippen LogP contribution in [0.5, 0.6) is 0 Å². The Morgan fingerprint density at radius 1 is 1.24 bits per heavy atom. The van der Waals surface area contributed by atoms with E-state index in [-0.39, 0.29) is 28.8 Å². The van der Waals surface area contributed by atoms with Crippen molar-refractivity contribution < 1.29 is 18.3 Å². The van der Waals surface area contributed by atoms with E-state index in [0.717, 1.165) is 37.9 Å². The Bertz CT molecular complexity index is 1340. The molecule has 0 radical (unpaired) electrons. The van der Waals surface area contributed by atoms with Gasteiger partial charge in [-0.3, -0.25) is 9.80 Å². The van der Waals surface area contributed by atoms with E-state index in [2.05, 4.69) is 31.6 Å². The molecule has 4 aliphatic heterocycles. The van der Waals surface area contributed by atoms with Crippen LogP contribution in [0.15, 0.2) is 12.3 Å². The fourth-order valence-corrected chi connectivity index (χ4v) is 6.76. The summed E-state index contributed by atoms with van der Waals surface area (Å²) in [5, 5.41) is 0.306. The standard InChI is InChI=1S/C28H32ClF2N5O2/c1-27(2,3)38-26(37)36-19-5-6-20(36)16-34(15-19)22-11-18(33-24-21(22)13-32-25(29)23(24)31)7-9-28-8-4-10-35(28)14-17(30)12-28/h11,13,17,19-20H,4-6,8,10,12,14-16H2,1-3H3/t17-,19?,20?,28-/m1/s1. The largest absolute Gasteiger partial charge is 0.444 e. The number of nitrogens with zero attached hydrogens (tertiary/aromatic N) is 5. The van der Waals surface area contributed by atoms with Gasteiger partial charge >= 0.3 is 6.09 Å². The van der Waals surface area contributed by atoms with E-state index in [9.17, 15) is 9.18 Å². The molecule has 1 amide bonds. The van der Waals surface area contributed by atoms with E-state index >= 15 is 4.39 Å². The summed E-state index contributed by atoms with van der Waals surface area (Å²) in [7, 11) is 0. The lowest BCUT2D eigenvalue weighted by Crippen LogP contribution is -2.56. The number of pyridine rings is 2. The molecule has 4 saturated heterocycles. The summed E-state index contributed by atoms with van der Waals surface area (Å²) in [5.74, 6) is 5.80. The highest BCUT2D eigenvalue weighted by Crippen LogP contribution is 2.40. The monoisotopic (exact) mass is 543 g/mol. The summed E-state index contributed by atoms with van der Waals surface area (Å²) in [6.07, 6.45) is 4.31. The SMILES string of the molecule is CC(C)(C)OC(=O)N1C2CCC1CN(c1cc(C#C[C@@]34CCCN3C[C@H](F)C4)nc3c(F)c(Cl)ncc13)C2. The molecule has 4 aliphatic rings. The molecule has 2 unspecified atom stereocenters. The average molecular weight is 544 g/mol. The third-order valence-corrected chi connectivity index (χ3v) is 8.45. The first-order valence-electron chi connectivity index (χ1n) is 13.4. The highest BCUT2D eigenvalue weighted by atomic mass is 35.5. The van der Waals surface area contributed by atoms with Gasteiger partial charge in [0.2, 0.25) is 0 Å². The Balaban J connectivity index is 1.36.